The number of nitrogens with zero attached hydrogens (tertiary/aromatic N) is 2. The molecule has 126 valence electrons. The van der Waals surface area contributed by atoms with Crippen molar-refractivity contribution in [3.8, 4) is 0 Å². The van der Waals surface area contributed by atoms with Crippen LogP contribution in [0.4, 0.5) is 0 Å². The van der Waals surface area contributed by atoms with E-state index < -0.39 is 0 Å². The minimum Gasteiger partial charge on any atom is -0.348 e. The van der Waals surface area contributed by atoms with Gasteiger partial charge in [-0.2, -0.15) is 0 Å². The van der Waals surface area contributed by atoms with Crippen molar-refractivity contribution >= 4 is 12.2 Å². The minimum atomic E-state index is -0.0304. The SMILES string of the molecule is CC1CCN(Cc2ccccc2)CCN1C(=O)c1ccc(C=O)[nH]1. The number of aromatic amines is 1. The maximum Gasteiger partial charge on any atom is 0.270 e. The molecule has 3 rings (SSSR count). The third-order valence-electron chi connectivity index (χ3n) is 4.63. The Labute approximate surface area is 142 Å². The van der Waals surface area contributed by atoms with Crippen molar-refractivity contribution in [2.24, 2.45) is 0 Å². The van der Waals surface area contributed by atoms with E-state index in [4.69, 9.17) is 0 Å². The number of rotatable bonds is 4. The second kappa shape index (κ2) is 7.45. The molecule has 0 spiro atoms. The van der Waals surface area contributed by atoms with Crippen molar-refractivity contribution in [1.29, 1.82) is 0 Å². The van der Waals surface area contributed by atoms with E-state index in [1.165, 1.54) is 5.56 Å². The number of aromatic nitrogens is 1. The zero-order valence-electron chi connectivity index (χ0n) is 13.9. The Morgan fingerprint density at radius 1 is 1.17 bits per heavy atom. The summed E-state index contributed by atoms with van der Waals surface area (Å²) in [5.74, 6) is -0.0304. The lowest BCUT2D eigenvalue weighted by molar-refractivity contribution is 0.0695. The summed E-state index contributed by atoms with van der Waals surface area (Å²) in [6.07, 6.45) is 1.67. The molecule has 1 fully saturated rings. The zero-order chi connectivity index (χ0) is 16.9. The van der Waals surface area contributed by atoms with Crippen molar-refractivity contribution in [1.82, 2.24) is 14.8 Å². The molecule has 1 saturated heterocycles. The van der Waals surface area contributed by atoms with E-state index in [0.29, 0.717) is 17.9 Å². The van der Waals surface area contributed by atoms with Crippen LogP contribution in [0.5, 0.6) is 0 Å². The van der Waals surface area contributed by atoms with Gasteiger partial charge in [0, 0.05) is 32.2 Å². The standard InChI is InChI=1S/C19H23N3O2/c1-15-9-10-21(13-16-5-3-2-4-6-16)11-12-22(15)19(24)18-8-7-17(14-23)20-18/h2-8,14-15,20H,9-13H2,1H3. The second-order valence-corrected chi connectivity index (χ2v) is 6.34. The van der Waals surface area contributed by atoms with Crippen LogP contribution < -0.4 is 0 Å². The van der Waals surface area contributed by atoms with Crippen LogP contribution in [0.3, 0.4) is 0 Å². The summed E-state index contributed by atoms with van der Waals surface area (Å²) in [4.78, 5) is 30.7. The fourth-order valence-electron chi connectivity index (χ4n) is 3.17. The van der Waals surface area contributed by atoms with Crippen LogP contribution in [-0.2, 0) is 6.54 Å². The molecule has 5 nitrogen and oxygen atoms in total. The van der Waals surface area contributed by atoms with Crippen LogP contribution in [0, 0.1) is 0 Å². The zero-order valence-corrected chi connectivity index (χ0v) is 13.9. The lowest BCUT2D eigenvalue weighted by atomic mass is 10.2. The predicted molar refractivity (Wildman–Crippen MR) is 93.0 cm³/mol. The molecule has 2 aromatic rings. The van der Waals surface area contributed by atoms with Gasteiger partial charge in [-0.15, -0.1) is 0 Å². The molecule has 1 aromatic heterocycles. The molecule has 5 heteroatoms. The highest BCUT2D eigenvalue weighted by Crippen LogP contribution is 2.16. The van der Waals surface area contributed by atoms with Gasteiger partial charge in [0.05, 0.1) is 5.69 Å². The Morgan fingerprint density at radius 2 is 1.96 bits per heavy atom. The average Bonchev–Trinajstić information content (AvgIpc) is 3.02. The van der Waals surface area contributed by atoms with Crippen LogP contribution in [0.2, 0.25) is 0 Å². The number of aldehydes is 1. The van der Waals surface area contributed by atoms with Crippen molar-refractivity contribution in [2.45, 2.75) is 25.9 Å². The van der Waals surface area contributed by atoms with Gasteiger partial charge in [-0.1, -0.05) is 30.3 Å². The third kappa shape index (κ3) is 3.74. The monoisotopic (exact) mass is 325 g/mol. The molecule has 0 saturated carbocycles. The molecule has 1 atom stereocenters. The van der Waals surface area contributed by atoms with E-state index in [1.54, 1.807) is 12.1 Å². The lowest BCUT2D eigenvalue weighted by Crippen LogP contribution is -2.40. The predicted octanol–water partition coefficient (Wildman–Crippen LogP) is 2.56. The van der Waals surface area contributed by atoms with E-state index in [2.05, 4.69) is 41.1 Å². The highest BCUT2D eigenvalue weighted by atomic mass is 16.2. The molecule has 1 aromatic carbocycles. The van der Waals surface area contributed by atoms with E-state index in [0.717, 1.165) is 32.3 Å². The van der Waals surface area contributed by atoms with Crippen LogP contribution in [0.1, 0.15) is 39.9 Å². The molecule has 2 heterocycles. The van der Waals surface area contributed by atoms with Gasteiger partial charge in [-0.25, -0.2) is 0 Å². The number of hydrogen-bond donors (Lipinski definition) is 1. The quantitative estimate of drug-likeness (QED) is 0.879. The van der Waals surface area contributed by atoms with Gasteiger partial charge >= 0.3 is 0 Å². The number of carbonyl (C=O) groups excluding carboxylic acids is 2. The third-order valence-corrected chi connectivity index (χ3v) is 4.63. The molecule has 1 unspecified atom stereocenters. The Kier molecular flexibility index (Phi) is 5.11. The Bertz CT molecular complexity index is 696. The van der Waals surface area contributed by atoms with Gasteiger partial charge < -0.3 is 9.88 Å². The molecule has 1 N–H and O–H groups in total. The molecule has 1 amide bonds. The fourth-order valence-corrected chi connectivity index (χ4v) is 3.17. The number of benzene rings is 1. The highest BCUT2D eigenvalue weighted by Gasteiger charge is 2.26. The summed E-state index contributed by atoms with van der Waals surface area (Å²) in [7, 11) is 0. The molecule has 0 bridgehead atoms. The summed E-state index contributed by atoms with van der Waals surface area (Å²) in [5, 5.41) is 0. The maximum absolute atomic E-state index is 12.7. The first-order valence-corrected chi connectivity index (χ1v) is 8.39. The van der Waals surface area contributed by atoms with E-state index >= 15 is 0 Å². The van der Waals surface area contributed by atoms with Crippen molar-refractivity contribution in [2.75, 3.05) is 19.6 Å². The lowest BCUT2D eigenvalue weighted by Gasteiger charge is -2.26. The maximum atomic E-state index is 12.7. The Morgan fingerprint density at radius 3 is 2.67 bits per heavy atom. The van der Waals surface area contributed by atoms with Gasteiger partial charge in [0.1, 0.15) is 5.69 Å². The largest absolute Gasteiger partial charge is 0.348 e. The summed E-state index contributed by atoms with van der Waals surface area (Å²) in [6.45, 7) is 5.53. The highest BCUT2D eigenvalue weighted by molar-refractivity contribution is 5.93. The van der Waals surface area contributed by atoms with Gasteiger partial charge in [0.25, 0.3) is 5.91 Å². The van der Waals surface area contributed by atoms with E-state index in [1.807, 2.05) is 11.0 Å². The van der Waals surface area contributed by atoms with Crippen molar-refractivity contribution < 1.29 is 9.59 Å². The first kappa shape index (κ1) is 16.5. The van der Waals surface area contributed by atoms with E-state index in [9.17, 15) is 9.59 Å². The first-order chi connectivity index (χ1) is 11.7. The van der Waals surface area contributed by atoms with Gasteiger partial charge in [-0.05, 0) is 31.0 Å². The van der Waals surface area contributed by atoms with Gasteiger partial charge in [0.2, 0.25) is 0 Å². The second-order valence-electron chi connectivity index (χ2n) is 6.34. The van der Waals surface area contributed by atoms with Crippen LogP contribution in [0.25, 0.3) is 0 Å². The van der Waals surface area contributed by atoms with Crippen LogP contribution in [0.15, 0.2) is 42.5 Å². The average molecular weight is 325 g/mol. The normalized spacial score (nSPS) is 19.0. The number of H-pyrrole nitrogens is 1. The summed E-state index contributed by atoms with van der Waals surface area (Å²) in [5.41, 5.74) is 2.22. The summed E-state index contributed by atoms with van der Waals surface area (Å²) >= 11 is 0. The number of nitrogens with one attached hydrogen (secondary N) is 1. The fraction of sp³-hybridized carbons (Fsp3) is 0.368. The Balaban J connectivity index is 1.65. The van der Waals surface area contributed by atoms with E-state index in [-0.39, 0.29) is 11.9 Å². The minimum absolute atomic E-state index is 0.0304. The molecular formula is C19H23N3O2. The number of carbonyl (C=O) groups is 2. The summed E-state index contributed by atoms with van der Waals surface area (Å²) in [6, 6.07) is 13.9. The smallest absolute Gasteiger partial charge is 0.270 e. The Hall–Kier alpha value is -2.40. The number of hydrogen-bond acceptors (Lipinski definition) is 3. The molecule has 0 radical (unpaired) electrons. The van der Waals surface area contributed by atoms with Crippen molar-refractivity contribution in [3.05, 3.63) is 59.4 Å². The molecular weight excluding hydrogens is 302 g/mol. The van der Waals surface area contributed by atoms with Crippen LogP contribution >= 0.6 is 0 Å². The molecule has 1 aliphatic rings. The molecule has 1 aliphatic heterocycles. The number of amides is 1. The van der Waals surface area contributed by atoms with Gasteiger partial charge in [-0.3, -0.25) is 14.5 Å². The van der Waals surface area contributed by atoms with Crippen LogP contribution in [-0.4, -0.2) is 52.7 Å². The van der Waals surface area contributed by atoms with Crippen molar-refractivity contribution in [3.63, 3.8) is 0 Å². The first-order valence-electron chi connectivity index (χ1n) is 8.39. The van der Waals surface area contributed by atoms with Gasteiger partial charge in [0.15, 0.2) is 6.29 Å². The topological polar surface area (TPSA) is 56.4 Å². The molecule has 24 heavy (non-hydrogen) atoms. The molecule has 0 aliphatic carbocycles. The summed E-state index contributed by atoms with van der Waals surface area (Å²) < 4.78 is 0.